The van der Waals surface area contributed by atoms with E-state index in [2.05, 4.69) is 58.1 Å². The molecule has 1 aliphatic rings. The summed E-state index contributed by atoms with van der Waals surface area (Å²) in [4.78, 5) is 19.0. The van der Waals surface area contributed by atoms with E-state index in [0.717, 1.165) is 51.1 Å². The standard InChI is InChI=1S/C16H21BrN6S/c1-18-15(21-8-5-13-3-4-14(17)24-13)22-9-11-23(12-10-22)16-19-6-2-7-20-16/h2-4,6-7H,5,8-12H2,1H3,(H,18,21). The van der Waals surface area contributed by atoms with Crippen LogP contribution >= 0.6 is 27.3 Å². The Balaban J connectivity index is 1.47. The summed E-state index contributed by atoms with van der Waals surface area (Å²) in [6.45, 7) is 4.54. The molecule has 24 heavy (non-hydrogen) atoms. The molecule has 0 saturated carbocycles. The van der Waals surface area contributed by atoms with Crippen molar-refractivity contribution in [2.75, 3.05) is 44.7 Å². The Morgan fingerprint density at radius 3 is 2.62 bits per heavy atom. The van der Waals surface area contributed by atoms with Gasteiger partial charge < -0.3 is 15.1 Å². The van der Waals surface area contributed by atoms with Gasteiger partial charge in [0, 0.05) is 57.0 Å². The summed E-state index contributed by atoms with van der Waals surface area (Å²) in [5, 5.41) is 3.47. The lowest BCUT2D eigenvalue weighted by molar-refractivity contribution is 0.370. The minimum Gasteiger partial charge on any atom is -0.356 e. The van der Waals surface area contributed by atoms with Gasteiger partial charge in [-0.3, -0.25) is 4.99 Å². The zero-order chi connectivity index (χ0) is 16.8. The summed E-state index contributed by atoms with van der Waals surface area (Å²) in [6.07, 6.45) is 4.59. The number of thiophene rings is 1. The lowest BCUT2D eigenvalue weighted by atomic mass is 10.3. The zero-order valence-electron chi connectivity index (χ0n) is 13.7. The normalized spacial score (nSPS) is 15.7. The van der Waals surface area contributed by atoms with Gasteiger partial charge in [0.2, 0.25) is 5.95 Å². The molecule has 3 heterocycles. The van der Waals surface area contributed by atoms with Crippen LogP contribution in [0, 0.1) is 0 Å². The van der Waals surface area contributed by atoms with Gasteiger partial charge in [0.1, 0.15) is 0 Å². The molecule has 1 saturated heterocycles. The smallest absolute Gasteiger partial charge is 0.225 e. The maximum absolute atomic E-state index is 4.42. The van der Waals surface area contributed by atoms with E-state index in [1.807, 2.05) is 13.1 Å². The fourth-order valence-corrected chi connectivity index (χ4v) is 4.17. The molecular formula is C16H21BrN6S. The number of guanidine groups is 1. The number of hydrogen-bond acceptors (Lipinski definition) is 5. The molecule has 0 spiro atoms. The van der Waals surface area contributed by atoms with Gasteiger partial charge in [-0.05, 0) is 40.5 Å². The van der Waals surface area contributed by atoms with E-state index in [4.69, 9.17) is 0 Å². The molecule has 0 atom stereocenters. The highest BCUT2D eigenvalue weighted by atomic mass is 79.9. The molecule has 0 aliphatic carbocycles. The van der Waals surface area contributed by atoms with Crippen molar-refractivity contribution in [3.05, 3.63) is 39.3 Å². The third-order valence-corrected chi connectivity index (χ3v) is 5.59. The van der Waals surface area contributed by atoms with Crippen molar-refractivity contribution >= 4 is 39.2 Å². The summed E-state index contributed by atoms with van der Waals surface area (Å²) in [5.41, 5.74) is 0. The van der Waals surface area contributed by atoms with Crippen LogP contribution in [-0.4, -0.2) is 60.6 Å². The second-order valence-corrected chi connectivity index (χ2v) is 8.00. The Morgan fingerprint density at radius 2 is 2.00 bits per heavy atom. The van der Waals surface area contributed by atoms with Gasteiger partial charge in [-0.25, -0.2) is 9.97 Å². The molecule has 2 aromatic heterocycles. The topological polar surface area (TPSA) is 56.7 Å². The van der Waals surface area contributed by atoms with Crippen LogP contribution in [0.15, 0.2) is 39.4 Å². The van der Waals surface area contributed by atoms with E-state index in [0.29, 0.717) is 0 Å². The van der Waals surface area contributed by atoms with E-state index in [1.54, 1.807) is 23.7 Å². The van der Waals surface area contributed by atoms with Gasteiger partial charge in [0.15, 0.2) is 5.96 Å². The Bertz CT molecular complexity index is 666. The Morgan fingerprint density at radius 1 is 1.25 bits per heavy atom. The fourth-order valence-electron chi connectivity index (χ4n) is 2.69. The summed E-state index contributed by atoms with van der Waals surface area (Å²) in [5.74, 6) is 1.78. The zero-order valence-corrected chi connectivity index (χ0v) is 16.1. The van der Waals surface area contributed by atoms with Crippen molar-refractivity contribution < 1.29 is 0 Å². The quantitative estimate of drug-likeness (QED) is 0.620. The van der Waals surface area contributed by atoms with Crippen molar-refractivity contribution in [1.29, 1.82) is 0 Å². The summed E-state index contributed by atoms with van der Waals surface area (Å²) in [6, 6.07) is 6.11. The molecule has 0 bridgehead atoms. The number of rotatable bonds is 4. The highest BCUT2D eigenvalue weighted by molar-refractivity contribution is 9.11. The molecular weight excluding hydrogens is 388 g/mol. The van der Waals surface area contributed by atoms with Gasteiger partial charge in [0.25, 0.3) is 0 Å². The average molecular weight is 409 g/mol. The molecule has 6 nitrogen and oxygen atoms in total. The second-order valence-electron chi connectivity index (χ2n) is 5.45. The summed E-state index contributed by atoms with van der Waals surface area (Å²) >= 11 is 5.29. The maximum Gasteiger partial charge on any atom is 0.225 e. The highest BCUT2D eigenvalue weighted by Crippen LogP contribution is 2.22. The first-order valence-corrected chi connectivity index (χ1v) is 9.59. The monoisotopic (exact) mass is 408 g/mol. The van der Waals surface area contributed by atoms with Crippen molar-refractivity contribution in [2.24, 2.45) is 4.99 Å². The molecule has 1 aliphatic heterocycles. The van der Waals surface area contributed by atoms with Crippen LogP contribution < -0.4 is 10.2 Å². The number of nitrogens with one attached hydrogen (secondary N) is 1. The van der Waals surface area contributed by atoms with Crippen LogP contribution in [0.4, 0.5) is 5.95 Å². The molecule has 0 aromatic carbocycles. The SMILES string of the molecule is CN=C(NCCc1ccc(Br)s1)N1CCN(c2ncccn2)CC1. The predicted molar refractivity (Wildman–Crippen MR) is 103 cm³/mol. The summed E-state index contributed by atoms with van der Waals surface area (Å²) in [7, 11) is 1.84. The summed E-state index contributed by atoms with van der Waals surface area (Å²) < 4.78 is 1.18. The van der Waals surface area contributed by atoms with Crippen LogP contribution in [-0.2, 0) is 6.42 Å². The van der Waals surface area contributed by atoms with Crippen molar-refractivity contribution in [3.8, 4) is 0 Å². The molecule has 1 N–H and O–H groups in total. The number of aliphatic imine (C=N–C) groups is 1. The Hall–Kier alpha value is -1.67. The van der Waals surface area contributed by atoms with E-state index in [-0.39, 0.29) is 0 Å². The van der Waals surface area contributed by atoms with Gasteiger partial charge in [0.05, 0.1) is 3.79 Å². The third-order valence-electron chi connectivity index (χ3n) is 3.91. The minimum absolute atomic E-state index is 0.809. The van der Waals surface area contributed by atoms with Crippen LogP contribution in [0.2, 0.25) is 0 Å². The largest absolute Gasteiger partial charge is 0.356 e. The number of aromatic nitrogens is 2. The molecule has 0 amide bonds. The van der Waals surface area contributed by atoms with Crippen LogP contribution in [0.5, 0.6) is 0 Å². The van der Waals surface area contributed by atoms with Gasteiger partial charge >= 0.3 is 0 Å². The first kappa shape index (κ1) is 17.2. The molecule has 3 rings (SSSR count). The molecule has 2 aromatic rings. The second kappa shape index (κ2) is 8.43. The van der Waals surface area contributed by atoms with E-state index >= 15 is 0 Å². The van der Waals surface area contributed by atoms with Crippen LogP contribution in [0.3, 0.4) is 0 Å². The average Bonchev–Trinajstić information content (AvgIpc) is 3.05. The van der Waals surface area contributed by atoms with Crippen LogP contribution in [0.1, 0.15) is 4.88 Å². The Kier molecular flexibility index (Phi) is 6.03. The molecule has 8 heteroatoms. The minimum atomic E-state index is 0.809. The van der Waals surface area contributed by atoms with Crippen molar-refractivity contribution in [1.82, 2.24) is 20.2 Å². The molecule has 128 valence electrons. The van der Waals surface area contributed by atoms with Crippen LogP contribution in [0.25, 0.3) is 0 Å². The lowest BCUT2D eigenvalue weighted by Gasteiger charge is -2.36. The van der Waals surface area contributed by atoms with E-state index in [1.165, 1.54) is 8.66 Å². The third kappa shape index (κ3) is 4.45. The molecule has 0 radical (unpaired) electrons. The van der Waals surface area contributed by atoms with Crippen molar-refractivity contribution in [2.45, 2.75) is 6.42 Å². The number of piperazine rings is 1. The number of halogens is 1. The van der Waals surface area contributed by atoms with Crippen molar-refractivity contribution in [3.63, 3.8) is 0 Å². The number of hydrogen-bond donors (Lipinski definition) is 1. The maximum atomic E-state index is 4.42. The van der Waals surface area contributed by atoms with Gasteiger partial charge in [-0.2, -0.15) is 0 Å². The van der Waals surface area contributed by atoms with Gasteiger partial charge in [-0.1, -0.05) is 0 Å². The first-order valence-electron chi connectivity index (χ1n) is 7.98. The fraction of sp³-hybridized carbons (Fsp3) is 0.438. The first-order chi connectivity index (χ1) is 11.8. The number of nitrogens with zero attached hydrogens (tertiary/aromatic N) is 5. The van der Waals surface area contributed by atoms with Gasteiger partial charge in [-0.15, -0.1) is 11.3 Å². The predicted octanol–water partition coefficient (Wildman–Crippen LogP) is 2.24. The Labute approximate surface area is 154 Å². The number of anilines is 1. The lowest BCUT2D eigenvalue weighted by Crippen LogP contribution is -2.53. The molecule has 1 fully saturated rings. The molecule has 0 unspecified atom stereocenters. The van der Waals surface area contributed by atoms with E-state index in [9.17, 15) is 0 Å². The van der Waals surface area contributed by atoms with E-state index < -0.39 is 0 Å². The highest BCUT2D eigenvalue weighted by Gasteiger charge is 2.20.